The zero-order valence-corrected chi connectivity index (χ0v) is 10.9. The zero-order chi connectivity index (χ0) is 12.3. The maximum absolute atomic E-state index is 9.68. The first-order valence-corrected chi connectivity index (χ1v) is 6.61. The third kappa shape index (κ3) is 3.27. The molecule has 2 rings (SSSR count). The molecule has 2 heteroatoms. The van der Waals surface area contributed by atoms with Crippen LogP contribution in [0.15, 0.2) is 47.4 Å². The van der Waals surface area contributed by atoms with Gasteiger partial charge in [-0.3, -0.25) is 0 Å². The van der Waals surface area contributed by atoms with Crippen molar-refractivity contribution in [2.75, 3.05) is 0 Å². The molecular formula is C15H16OS. The third-order valence-corrected chi connectivity index (χ3v) is 3.67. The number of phenols is 1. The van der Waals surface area contributed by atoms with Crippen LogP contribution in [0.25, 0.3) is 0 Å². The Morgan fingerprint density at radius 1 is 1.00 bits per heavy atom. The first-order valence-electron chi connectivity index (χ1n) is 5.63. The number of benzene rings is 2. The molecule has 1 N–H and O–H groups in total. The maximum Gasteiger partial charge on any atom is 0.129 e. The molecule has 0 aliphatic heterocycles. The number of para-hydroxylation sites is 1. The van der Waals surface area contributed by atoms with E-state index in [2.05, 4.69) is 32.0 Å². The van der Waals surface area contributed by atoms with Gasteiger partial charge in [-0.25, -0.2) is 0 Å². The second kappa shape index (κ2) is 5.28. The fourth-order valence-electron chi connectivity index (χ4n) is 1.89. The van der Waals surface area contributed by atoms with Gasteiger partial charge in [-0.1, -0.05) is 41.5 Å². The quantitative estimate of drug-likeness (QED) is 0.812. The molecular weight excluding hydrogens is 228 g/mol. The second-order valence-electron chi connectivity index (χ2n) is 4.25. The monoisotopic (exact) mass is 244 g/mol. The van der Waals surface area contributed by atoms with Crippen molar-refractivity contribution >= 4 is 11.8 Å². The van der Waals surface area contributed by atoms with Crippen molar-refractivity contribution < 1.29 is 5.11 Å². The summed E-state index contributed by atoms with van der Waals surface area (Å²) in [4.78, 5) is 0.937. The van der Waals surface area contributed by atoms with Crippen LogP contribution in [0.3, 0.4) is 0 Å². The Bertz CT molecular complexity index is 500. The van der Waals surface area contributed by atoms with Crippen LogP contribution in [0.2, 0.25) is 0 Å². The van der Waals surface area contributed by atoms with Gasteiger partial charge in [0, 0.05) is 10.6 Å². The number of thioether (sulfide) groups is 1. The summed E-state index contributed by atoms with van der Waals surface area (Å²) in [5, 5.41) is 9.68. The SMILES string of the molecule is Cc1cc(C)cc(CSc2ccccc2O)c1. The summed E-state index contributed by atoms with van der Waals surface area (Å²) >= 11 is 1.67. The molecule has 88 valence electrons. The zero-order valence-electron chi connectivity index (χ0n) is 10.1. The molecule has 0 amide bonds. The highest BCUT2D eigenvalue weighted by Gasteiger charge is 2.02. The molecule has 0 saturated heterocycles. The van der Waals surface area contributed by atoms with Gasteiger partial charge in [-0.05, 0) is 31.5 Å². The van der Waals surface area contributed by atoms with E-state index >= 15 is 0 Å². The molecule has 0 radical (unpaired) electrons. The first kappa shape index (κ1) is 12.1. The van der Waals surface area contributed by atoms with E-state index in [1.165, 1.54) is 16.7 Å². The van der Waals surface area contributed by atoms with Gasteiger partial charge in [-0.2, -0.15) is 0 Å². The maximum atomic E-state index is 9.68. The van der Waals surface area contributed by atoms with Gasteiger partial charge in [0.1, 0.15) is 5.75 Å². The summed E-state index contributed by atoms with van der Waals surface area (Å²) < 4.78 is 0. The van der Waals surface area contributed by atoms with Crippen LogP contribution in [-0.2, 0) is 5.75 Å². The Morgan fingerprint density at radius 3 is 2.29 bits per heavy atom. The van der Waals surface area contributed by atoms with Crippen LogP contribution >= 0.6 is 11.8 Å². The van der Waals surface area contributed by atoms with Gasteiger partial charge in [0.2, 0.25) is 0 Å². The van der Waals surface area contributed by atoms with E-state index < -0.39 is 0 Å². The molecule has 0 aliphatic rings. The summed E-state index contributed by atoms with van der Waals surface area (Å²) in [6.07, 6.45) is 0. The molecule has 17 heavy (non-hydrogen) atoms. The fraction of sp³-hybridized carbons (Fsp3) is 0.200. The van der Waals surface area contributed by atoms with Crippen molar-refractivity contribution in [2.24, 2.45) is 0 Å². The summed E-state index contributed by atoms with van der Waals surface area (Å²) in [5.74, 6) is 1.25. The lowest BCUT2D eigenvalue weighted by atomic mass is 10.1. The first-order chi connectivity index (χ1) is 8.15. The van der Waals surface area contributed by atoms with E-state index in [4.69, 9.17) is 0 Å². The number of hydrogen-bond acceptors (Lipinski definition) is 2. The molecule has 0 unspecified atom stereocenters. The van der Waals surface area contributed by atoms with Crippen molar-refractivity contribution in [3.05, 3.63) is 59.2 Å². The minimum atomic E-state index is 0.363. The molecule has 1 nitrogen and oxygen atoms in total. The van der Waals surface area contributed by atoms with Crippen LogP contribution in [0, 0.1) is 13.8 Å². The number of aryl methyl sites for hydroxylation is 2. The van der Waals surface area contributed by atoms with Crippen LogP contribution in [0.4, 0.5) is 0 Å². The smallest absolute Gasteiger partial charge is 0.129 e. The minimum absolute atomic E-state index is 0.363. The second-order valence-corrected chi connectivity index (χ2v) is 5.27. The molecule has 0 spiro atoms. The summed E-state index contributed by atoms with van der Waals surface area (Å²) in [7, 11) is 0. The normalized spacial score (nSPS) is 10.5. The fourth-order valence-corrected chi connectivity index (χ4v) is 2.77. The van der Waals surface area contributed by atoms with Crippen LogP contribution < -0.4 is 0 Å². The van der Waals surface area contributed by atoms with Crippen molar-refractivity contribution in [2.45, 2.75) is 24.5 Å². The highest BCUT2D eigenvalue weighted by Crippen LogP contribution is 2.30. The number of hydrogen-bond donors (Lipinski definition) is 1. The topological polar surface area (TPSA) is 20.2 Å². The van der Waals surface area contributed by atoms with Gasteiger partial charge in [0.05, 0.1) is 0 Å². The van der Waals surface area contributed by atoms with Crippen LogP contribution in [0.1, 0.15) is 16.7 Å². The van der Waals surface area contributed by atoms with E-state index in [0.29, 0.717) is 5.75 Å². The molecule has 0 heterocycles. The number of rotatable bonds is 3. The van der Waals surface area contributed by atoms with Crippen LogP contribution in [-0.4, -0.2) is 5.11 Å². The van der Waals surface area contributed by atoms with Gasteiger partial charge in [-0.15, -0.1) is 11.8 Å². The van der Waals surface area contributed by atoms with Crippen molar-refractivity contribution in [3.63, 3.8) is 0 Å². The lowest BCUT2D eigenvalue weighted by Crippen LogP contribution is -1.85. The van der Waals surface area contributed by atoms with E-state index in [1.807, 2.05) is 18.2 Å². The van der Waals surface area contributed by atoms with Crippen LogP contribution in [0.5, 0.6) is 5.75 Å². The Morgan fingerprint density at radius 2 is 1.65 bits per heavy atom. The molecule has 0 atom stereocenters. The van der Waals surface area contributed by atoms with Gasteiger partial charge in [0.15, 0.2) is 0 Å². The average molecular weight is 244 g/mol. The van der Waals surface area contributed by atoms with E-state index in [9.17, 15) is 5.11 Å². The summed E-state index contributed by atoms with van der Waals surface area (Å²) in [6, 6.07) is 14.0. The van der Waals surface area contributed by atoms with E-state index in [1.54, 1.807) is 17.8 Å². The van der Waals surface area contributed by atoms with Crippen molar-refractivity contribution in [1.82, 2.24) is 0 Å². The van der Waals surface area contributed by atoms with E-state index in [0.717, 1.165) is 10.6 Å². The van der Waals surface area contributed by atoms with Crippen molar-refractivity contribution in [1.29, 1.82) is 0 Å². The lowest BCUT2D eigenvalue weighted by molar-refractivity contribution is 0.462. The summed E-state index contributed by atoms with van der Waals surface area (Å²) in [5.41, 5.74) is 3.88. The Kier molecular flexibility index (Phi) is 3.75. The summed E-state index contributed by atoms with van der Waals surface area (Å²) in [6.45, 7) is 4.22. The molecule has 2 aromatic carbocycles. The van der Waals surface area contributed by atoms with Crippen molar-refractivity contribution in [3.8, 4) is 5.75 Å². The lowest BCUT2D eigenvalue weighted by Gasteiger charge is -2.06. The highest BCUT2D eigenvalue weighted by atomic mass is 32.2. The van der Waals surface area contributed by atoms with Gasteiger partial charge < -0.3 is 5.11 Å². The Labute approximate surface area is 107 Å². The molecule has 0 aromatic heterocycles. The van der Waals surface area contributed by atoms with Gasteiger partial charge >= 0.3 is 0 Å². The standard InChI is InChI=1S/C15H16OS/c1-11-7-12(2)9-13(8-11)10-17-15-6-4-3-5-14(15)16/h3-9,16H,10H2,1-2H3. The third-order valence-electron chi connectivity index (χ3n) is 2.54. The largest absolute Gasteiger partial charge is 0.507 e. The predicted molar refractivity (Wildman–Crippen MR) is 73.6 cm³/mol. The van der Waals surface area contributed by atoms with Gasteiger partial charge in [0.25, 0.3) is 0 Å². The molecule has 0 saturated carbocycles. The highest BCUT2D eigenvalue weighted by molar-refractivity contribution is 7.98. The Balaban J connectivity index is 2.10. The minimum Gasteiger partial charge on any atom is -0.507 e. The molecule has 0 fully saturated rings. The average Bonchev–Trinajstić information content (AvgIpc) is 2.27. The van der Waals surface area contributed by atoms with E-state index in [-0.39, 0.29) is 0 Å². The molecule has 0 bridgehead atoms. The predicted octanol–water partition coefficient (Wildman–Crippen LogP) is 4.30. The number of aromatic hydroxyl groups is 1. The number of phenolic OH excluding ortho intramolecular Hbond substituents is 1. The Hall–Kier alpha value is -1.41. The molecule has 2 aromatic rings. The molecule has 0 aliphatic carbocycles.